The Labute approximate surface area is 223 Å². The van der Waals surface area contributed by atoms with E-state index >= 15 is 0 Å². The van der Waals surface area contributed by atoms with Gasteiger partial charge in [-0.15, -0.1) is 8.61 Å². The molecule has 2 aromatic carbocycles. The van der Waals surface area contributed by atoms with Gasteiger partial charge in [-0.3, -0.25) is 4.79 Å². The van der Waals surface area contributed by atoms with E-state index in [9.17, 15) is 9.35 Å². The summed E-state index contributed by atoms with van der Waals surface area (Å²) in [6, 6.07) is 17.9. The van der Waals surface area contributed by atoms with Gasteiger partial charge in [0, 0.05) is 19.1 Å². The maximum atomic E-state index is 13.6. The number of carbonyl (C=O) groups excluding carboxylic acids is 1. The molecule has 0 aromatic heterocycles. The van der Waals surface area contributed by atoms with E-state index in [0.717, 1.165) is 25.7 Å². The normalized spacial score (nSPS) is 23.5. The minimum atomic E-state index is -1.23. The van der Waals surface area contributed by atoms with Crippen LogP contribution in [-0.4, -0.2) is 85.3 Å². The van der Waals surface area contributed by atoms with Crippen LogP contribution >= 0.6 is 0 Å². The zero-order valence-corrected chi connectivity index (χ0v) is 22.7. The smallest absolute Gasteiger partial charge is 0.255 e. The van der Waals surface area contributed by atoms with Crippen LogP contribution in [0.3, 0.4) is 0 Å². The van der Waals surface area contributed by atoms with Crippen molar-refractivity contribution in [1.29, 1.82) is 0 Å². The van der Waals surface area contributed by atoms with Gasteiger partial charge < -0.3 is 24.1 Å². The maximum Gasteiger partial charge on any atom is 0.255 e. The first-order valence-electron chi connectivity index (χ1n) is 13.0. The standard InChI is InChI=1S/C28H39N3O5S/c1-34-19-18-31(37(33)30-16-20-36-21-17-30)24-12-14-28(15-13-24,23-8-4-3-5-9-23)22-29-27(32)25-10-6-7-11-26(25)35-2/h3-11,24H,12-22H2,1-2H3,(H,29,32). The lowest BCUT2D eigenvalue weighted by Crippen LogP contribution is -2.55. The van der Waals surface area contributed by atoms with E-state index in [-0.39, 0.29) is 17.4 Å². The number of rotatable bonds is 11. The fourth-order valence-electron chi connectivity index (χ4n) is 5.40. The summed E-state index contributed by atoms with van der Waals surface area (Å²) < 4.78 is 33.9. The zero-order valence-electron chi connectivity index (χ0n) is 21.9. The van der Waals surface area contributed by atoms with E-state index in [1.807, 2.05) is 22.5 Å². The number of nitrogens with zero attached hydrogens (tertiary/aromatic N) is 2. The quantitative estimate of drug-likeness (QED) is 0.448. The highest BCUT2D eigenvalue weighted by atomic mass is 32.2. The molecule has 1 atom stereocenters. The topological polar surface area (TPSA) is 86.3 Å². The summed E-state index contributed by atoms with van der Waals surface area (Å²) in [4.78, 5) is 13.1. The SMILES string of the molecule is COCCN(C1CCC(CNC(=O)c2ccccc2OC)(c2ccccc2)CC1)[S+]([O-])N1CCOCC1. The number of para-hydroxylation sites is 1. The van der Waals surface area contributed by atoms with Crippen LogP contribution in [0.2, 0.25) is 0 Å². The van der Waals surface area contributed by atoms with Crippen molar-refractivity contribution < 1.29 is 23.6 Å². The van der Waals surface area contributed by atoms with Crippen LogP contribution in [0.4, 0.5) is 0 Å². The van der Waals surface area contributed by atoms with Crippen molar-refractivity contribution in [2.45, 2.75) is 37.1 Å². The van der Waals surface area contributed by atoms with Gasteiger partial charge in [0.2, 0.25) is 0 Å². The van der Waals surface area contributed by atoms with E-state index in [2.05, 4.69) is 33.9 Å². The first kappa shape index (κ1) is 27.9. The van der Waals surface area contributed by atoms with Crippen molar-refractivity contribution in [3.63, 3.8) is 0 Å². The molecule has 4 rings (SSSR count). The molecule has 2 aromatic rings. The molecule has 1 heterocycles. The van der Waals surface area contributed by atoms with Gasteiger partial charge >= 0.3 is 0 Å². The van der Waals surface area contributed by atoms with Crippen molar-refractivity contribution in [1.82, 2.24) is 13.9 Å². The molecule has 0 spiro atoms. The summed E-state index contributed by atoms with van der Waals surface area (Å²) in [6.45, 7) is 4.25. The summed E-state index contributed by atoms with van der Waals surface area (Å²) in [6.07, 6.45) is 3.55. The predicted octanol–water partition coefficient (Wildman–Crippen LogP) is 3.16. The number of methoxy groups -OCH3 is 2. The molecule has 1 unspecified atom stereocenters. The first-order valence-corrected chi connectivity index (χ1v) is 14.1. The van der Waals surface area contributed by atoms with E-state index in [1.54, 1.807) is 26.4 Å². The number of hydrogen-bond acceptors (Lipinski definition) is 7. The van der Waals surface area contributed by atoms with Gasteiger partial charge in [-0.1, -0.05) is 42.5 Å². The Kier molecular flexibility index (Phi) is 10.2. The van der Waals surface area contributed by atoms with Crippen LogP contribution in [0.5, 0.6) is 5.75 Å². The second kappa shape index (κ2) is 13.6. The Balaban J connectivity index is 1.48. The second-order valence-corrected chi connectivity index (χ2v) is 11.1. The van der Waals surface area contributed by atoms with E-state index < -0.39 is 11.5 Å². The molecule has 0 bridgehead atoms. The number of ether oxygens (including phenoxy) is 3. The van der Waals surface area contributed by atoms with Crippen molar-refractivity contribution in [3.05, 3.63) is 65.7 Å². The zero-order chi connectivity index (χ0) is 26.1. The van der Waals surface area contributed by atoms with E-state index in [0.29, 0.717) is 57.3 Å². The summed E-state index contributed by atoms with van der Waals surface area (Å²) in [7, 11) is 3.26. The highest BCUT2D eigenvalue weighted by Gasteiger charge is 2.43. The molecule has 9 heteroatoms. The predicted molar refractivity (Wildman–Crippen MR) is 145 cm³/mol. The molecular formula is C28H39N3O5S. The third-order valence-electron chi connectivity index (χ3n) is 7.55. The highest BCUT2D eigenvalue weighted by molar-refractivity contribution is 7.86. The van der Waals surface area contributed by atoms with Crippen LogP contribution in [0.15, 0.2) is 54.6 Å². The average Bonchev–Trinajstić information content (AvgIpc) is 2.97. The molecule has 202 valence electrons. The van der Waals surface area contributed by atoms with Crippen LogP contribution in [-0.2, 0) is 26.4 Å². The molecule has 1 saturated heterocycles. The molecule has 8 nitrogen and oxygen atoms in total. The number of benzene rings is 2. The van der Waals surface area contributed by atoms with Gasteiger partial charge in [0.1, 0.15) is 17.3 Å². The largest absolute Gasteiger partial charge is 0.578 e. The Hall–Kier alpha value is -2.14. The number of carbonyl (C=O) groups is 1. The molecule has 0 radical (unpaired) electrons. The number of amides is 1. The molecule has 2 fully saturated rings. The molecule has 37 heavy (non-hydrogen) atoms. The minimum absolute atomic E-state index is 0.134. The van der Waals surface area contributed by atoms with Crippen LogP contribution in [0.1, 0.15) is 41.6 Å². The number of hydrogen-bond donors (Lipinski definition) is 1. The minimum Gasteiger partial charge on any atom is -0.578 e. The molecular weight excluding hydrogens is 490 g/mol. The van der Waals surface area contributed by atoms with E-state index in [1.165, 1.54) is 5.56 Å². The molecule has 2 aliphatic rings. The lowest BCUT2D eigenvalue weighted by Gasteiger charge is -2.44. The van der Waals surface area contributed by atoms with Gasteiger partial charge in [0.15, 0.2) is 0 Å². The molecule has 1 aliphatic carbocycles. The molecule has 1 amide bonds. The van der Waals surface area contributed by atoms with Crippen molar-refractivity contribution in [3.8, 4) is 5.75 Å². The average molecular weight is 530 g/mol. The lowest BCUT2D eigenvalue weighted by molar-refractivity contribution is 0.0659. The monoisotopic (exact) mass is 529 g/mol. The fraction of sp³-hybridized carbons (Fsp3) is 0.536. The molecule has 1 aliphatic heterocycles. The summed E-state index contributed by atoms with van der Waals surface area (Å²) >= 11 is -1.23. The number of nitrogens with one attached hydrogen (secondary N) is 1. The van der Waals surface area contributed by atoms with Crippen LogP contribution in [0.25, 0.3) is 0 Å². The highest BCUT2D eigenvalue weighted by Crippen LogP contribution is 2.41. The Morgan fingerprint density at radius 2 is 1.78 bits per heavy atom. The third kappa shape index (κ3) is 6.85. The van der Waals surface area contributed by atoms with Gasteiger partial charge in [-0.25, -0.2) is 0 Å². The summed E-state index contributed by atoms with van der Waals surface area (Å²) in [5.74, 6) is 0.432. The Morgan fingerprint density at radius 3 is 2.46 bits per heavy atom. The van der Waals surface area contributed by atoms with Crippen molar-refractivity contribution >= 4 is 17.5 Å². The molecule has 1 saturated carbocycles. The number of morpholine rings is 1. The maximum absolute atomic E-state index is 13.6. The van der Waals surface area contributed by atoms with Gasteiger partial charge in [-0.2, -0.15) is 0 Å². The summed E-state index contributed by atoms with van der Waals surface area (Å²) in [5, 5.41) is 3.20. The van der Waals surface area contributed by atoms with Gasteiger partial charge in [0.05, 0.1) is 58.2 Å². The molecule has 1 N–H and O–H groups in total. The van der Waals surface area contributed by atoms with Crippen LogP contribution < -0.4 is 10.1 Å². The lowest BCUT2D eigenvalue weighted by atomic mass is 9.68. The first-order chi connectivity index (χ1) is 18.1. The van der Waals surface area contributed by atoms with Crippen molar-refractivity contribution in [2.75, 3.05) is 60.2 Å². The van der Waals surface area contributed by atoms with Gasteiger partial charge in [-0.05, 0) is 43.4 Å². The third-order valence-corrected chi connectivity index (χ3v) is 9.24. The fourth-order valence-corrected chi connectivity index (χ4v) is 6.85. The van der Waals surface area contributed by atoms with Crippen LogP contribution in [0, 0.1) is 0 Å². The Bertz CT molecular complexity index is 981. The van der Waals surface area contributed by atoms with Gasteiger partial charge in [0.25, 0.3) is 5.91 Å². The van der Waals surface area contributed by atoms with Crippen molar-refractivity contribution in [2.24, 2.45) is 0 Å². The van der Waals surface area contributed by atoms with E-state index in [4.69, 9.17) is 14.2 Å². The second-order valence-electron chi connectivity index (χ2n) is 9.67. The Morgan fingerprint density at radius 1 is 1.11 bits per heavy atom. The summed E-state index contributed by atoms with van der Waals surface area (Å²) in [5.41, 5.74) is 1.57.